The van der Waals surface area contributed by atoms with Gasteiger partial charge in [-0.25, -0.2) is 0 Å². The molecule has 0 aromatic carbocycles. The predicted molar refractivity (Wildman–Crippen MR) is 73.2 cm³/mol. The zero-order chi connectivity index (χ0) is 14.4. The molecule has 6 heteroatoms. The van der Waals surface area contributed by atoms with Crippen molar-refractivity contribution in [2.45, 2.75) is 44.7 Å². The highest BCUT2D eigenvalue weighted by atomic mass is 16.5. The SMILES string of the molecule is CCCCOC(=O)CN1CCOCC1C(=O)NC1CC1. The molecule has 2 aliphatic rings. The Kier molecular flexibility index (Phi) is 5.79. The number of carbonyl (C=O) groups is 2. The van der Waals surface area contributed by atoms with E-state index in [9.17, 15) is 9.59 Å². The van der Waals surface area contributed by atoms with Crippen molar-refractivity contribution in [3.63, 3.8) is 0 Å². The summed E-state index contributed by atoms with van der Waals surface area (Å²) in [6.45, 7) is 4.16. The van der Waals surface area contributed by atoms with E-state index in [0.29, 0.717) is 32.4 Å². The Labute approximate surface area is 119 Å². The second kappa shape index (κ2) is 7.59. The van der Waals surface area contributed by atoms with E-state index < -0.39 is 0 Å². The number of hydrogen-bond acceptors (Lipinski definition) is 5. The lowest BCUT2D eigenvalue weighted by Gasteiger charge is -2.33. The molecule has 1 saturated heterocycles. The Hall–Kier alpha value is -1.14. The van der Waals surface area contributed by atoms with Gasteiger partial charge in [-0.05, 0) is 19.3 Å². The van der Waals surface area contributed by atoms with Gasteiger partial charge in [0.1, 0.15) is 6.04 Å². The number of hydrogen-bond donors (Lipinski definition) is 1. The summed E-state index contributed by atoms with van der Waals surface area (Å²) in [4.78, 5) is 25.7. The number of nitrogens with one attached hydrogen (secondary N) is 1. The summed E-state index contributed by atoms with van der Waals surface area (Å²) in [6, 6.07) is -0.0501. The minimum Gasteiger partial charge on any atom is -0.465 e. The van der Waals surface area contributed by atoms with Crippen LogP contribution in [0.3, 0.4) is 0 Å². The van der Waals surface area contributed by atoms with Gasteiger partial charge in [-0.15, -0.1) is 0 Å². The number of esters is 1. The number of amides is 1. The van der Waals surface area contributed by atoms with Crippen molar-refractivity contribution < 1.29 is 19.1 Å². The van der Waals surface area contributed by atoms with E-state index in [1.54, 1.807) is 0 Å². The molecule has 1 aliphatic heterocycles. The first-order valence-corrected chi connectivity index (χ1v) is 7.48. The molecule has 1 saturated carbocycles. The lowest BCUT2D eigenvalue weighted by atomic mass is 10.2. The van der Waals surface area contributed by atoms with Gasteiger partial charge >= 0.3 is 5.97 Å². The molecule has 0 aromatic heterocycles. The van der Waals surface area contributed by atoms with Crippen molar-refractivity contribution in [3.8, 4) is 0 Å². The Bertz CT molecular complexity index is 344. The van der Waals surface area contributed by atoms with E-state index in [-0.39, 0.29) is 24.5 Å². The van der Waals surface area contributed by atoms with E-state index >= 15 is 0 Å². The highest BCUT2D eigenvalue weighted by molar-refractivity contribution is 5.83. The van der Waals surface area contributed by atoms with Crippen LogP contribution >= 0.6 is 0 Å². The van der Waals surface area contributed by atoms with Crippen LogP contribution in [-0.2, 0) is 19.1 Å². The first-order valence-electron chi connectivity index (χ1n) is 7.48. The maximum absolute atomic E-state index is 12.1. The minimum atomic E-state index is -0.372. The molecule has 20 heavy (non-hydrogen) atoms. The third-order valence-electron chi connectivity index (χ3n) is 3.56. The van der Waals surface area contributed by atoms with Gasteiger partial charge in [0.15, 0.2) is 0 Å². The highest BCUT2D eigenvalue weighted by Gasteiger charge is 2.34. The Morgan fingerprint density at radius 3 is 2.90 bits per heavy atom. The van der Waals surface area contributed by atoms with Crippen LogP contribution in [0.4, 0.5) is 0 Å². The Morgan fingerprint density at radius 1 is 1.40 bits per heavy atom. The lowest BCUT2D eigenvalue weighted by Crippen LogP contribution is -2.55. The van der Waals surface area contributed by atoms with Gasteiger partial charge in [-0.1, -0.05) is 13.3 Å². The van der Waals surface area contributed by atoms with E-state index in [1.165, 1.54) is 0 Å². The van der Waals surface area contributed by atoms with Crippen molar-refractivity contribution in [1.29, 1.82) is 0 Å². The van der Waals surface area contributed by atoms with Gasteiger partial charge in [0.25, 0.3) is 0 Å². The number of nitrogens with zero attached hydrogens (tertiary/aromatic N) is 1. The van der Waals surface area contributed by atoms with Crippen LogP contribution in [0.1, 0.15) is 32.6 Å². The third kappa shape index (κ3) is 4.76. The minimum absolute atomic E-state index is 0.0337. The summed E-state index contributed by atoms with van der Waals surface area (Å²) >= 11 is 0. The molecule has 114 valence electrons. The van der Waals surface area contributed by atoms with Crippen LogP contribution in [0.5, 0.6) is 0 Å². The molecule has 1 amide bonds. The van der Waals surface area contributed by atoms with E-state index in [2.05, 4.69) is 5.32 Å². The topological polar surface area (TPSA) is 67.9 Å². The molecule has 1 unspecified atom stereocenters. The number of morpholine rings is 1. The van der Waals surface area contributed by atoms with Crippen LogP contribution in [0.2, 0.25) is 0 Å². The maximum Gasteiger partial charge on any atom is 0.320 e. The summed E-state index contributed by atoms with van der Waals surface area (Å²) in [5.74, 6) is -0.293. The van der Waals surface area contributed by atoms with Crippen molar-refractivity contribution in [2.75, 3.05) is 32.9 Å². The van der Waals surface area contributed by atoms with Crippen LogP contribution in [-0.4, -0.2) is 61.8 Å². The molecule has 1 aliphatic carbocycles. The summed E-state index contributed by atoms with van der Waals surface area (Å²) < 4.78 is 10.5. The Morgan fingerprint density at radius 2 is 2.20 bits per heavy atom. The van der Waals surface area contributed by atoms with Crippen LogP contribution in [0.25, 0.3) is 0 Å². The number of unbranched alkanes of at least 4 members (excludes halogenated alkanes) is 1. The Balaban J connectivity index is 1.79. The van der Waals surface area contributed by atoms with Crippen molar-refractivity contribution in [1.82, 2.24) is 10.2 Å². The van der Waals surface area contributed by atoms with Gasteiger partial charge in [0.2, 0.25) is 5.91 Å². The largest absolute Gasteiger partial charge is 0.465 e. The lowest BCUT2D eigenvalue weighted by molar-refractivity contribution is -0.149. The van der Waals surface area contributed by atoms with Gasteiger partial charge in [0.05, 0.1) is 26.4 Å². The highest BCUT2D eigenvalue weighted by Crippen LogP contribution is 2.19. The number of ether oxygens (including phenoxy) is 2. The van der Waals surface area contributed by atoms with Gasteiger partial charge in [-0.3, -0.25) is 14.5 Å². The second-order valence-electron chi connectivity index (χ2n) is 5.42. The monoisotopic (exact) mass is 284 g/mol. The van der Waals surface area contributed by atoms with Crippen LogP contribution < -0.4 is 5.32 Å². The molecule has 0 radical (unpaired) electrons. The summed E-state index contributed by atoms with van der Waals surface area (Å²) in [5, 5.41) is 2.97. The van der Waals surface area contributed by atoms with E-state index in [4.69, 9.17) is 9.47 Å². The molecule has 6 nitrogen and oxygen atoms in total. The molecule has 2 rings (SSSR count). The molecule has 2 fully saturated rings. The standard InChI is InChI=1S/C14H24N2O4/c1-2-3-7-20-13(17)9-16-6-8-19-10-12(16)14(18)15-11-4-5-11/h11-12H,2-10H2,1H3,(H,15,18). The molecule has 1 heterocycles. The summed E-state index contributed by atoms with van der Waals surface area (Å²) in [5.41, 5.74) is 0. The summed E-state index contributed by atoms with van der Waals surface area (Å²) in [7, 11) is 0. The second-order valence-corrected chi connectivity index (χ2v) is 5.42. The van der Waals surface area contributed by atoms with E-state index in [0.717, 1.165) is 25.7 Å². The fourth-order valence-corrected chi connectivity index (χ4v) is 2.14. The normalized spacial score (nSPS) is 23.4. The first kappa shape index (κ1) is 15.3. The third-order valence-corrected chi connectivity index (χ3v) is 3.56. The number of carbonyl (C=O) groups excluding carboxylic acids is 2. The average molecular weight is 284 g/mol. The predicted octanol–water partition coefficient (Wildman–Crippen LogP) is 0.309. The maximum atomic E-state index is 12.1. The van der Waals surface area contributed by atoms with Gasteiger partial charge in [0, 0.05) is 12.6 Å². The molecule has 1 atom stereocenters. The number of rotatable bonds is 7. The van der Waals surface area contributed by atoms with E-state index in [1.807, 2.05) is 11.8 Å². The van der Waals surface area contributed by atoms with Crippen LogP contribution in [0, 0.1) is 0 Å². The molecule has 0 spiro atoms. The summed E-state index contributed by atoms with van der Waals surface area (Å²) in [6.07, 6.45) is 3.98. The molecule has 0 aromatic rings. The first-order chi connectivity index (χ1) is 9.70. The quantitative estimate of drug-likeness (QED) is 0.538. The van der Waals surface area contributed by atoms with Crippen LogP contribution in [0.15, 0.2) is 0 Å². The molecule has 1 N–H and O–H groups in total. The van der Waals surface area contributed by atoms with Gasteiger partial charge < -0.3 is 14.8 Å². The fourth-order valence-electron chi connectivity index (χ4n) is 2.14. The molecular weight excluding hydrogens is 260 g/mol. The van der Waals surface area contributed by atoms with Gasteiger partial charge in [-0.2, -0.15) is 0 Å². The molecular formula is C14H24N2O4. The smallest absolute Gasteiger partial charge is 0.320 e. The molecule has 0 bridgehead atoms. The van der Waals surface area contributed by atoms with Crippen molar-refractivity contribution >= 4 is 11.9 Å². The zero-order valence-corrected chi connectivity index (χ0v) is 12.1. The van der Waals surface area contributed by atoms with Crippen molar-refractivity contribution in [2.24, 2.45) is 0 Å². The van der Waals surface area contributed by atoms with Crippen molar-refractivity contribution in [3.05, 3.63) is 0 Å². The average Bonchev–Trinajstić information content (AvgIpc) is 3.23. The zero-order valence-electron chi connectivity index (χ0n) is 12.1. The fraction of sp³-hybridized carbons (Fsp3) is 0.857.